The van der Waals surface area contributed by atoms with E-state index in [2.05, 4.69) is 9.80 Å². The molecule has 0 aromatic carbocycles. The van der Waals surface area contributed by atoms with Crippen LogP contribution >= 0.6 is 0 Å². The normalized spacial score (nSPS) is 37.7. The summed E-state index contributed by atoms with van der Waals surface area (Å²) in [6.07, 6.45) is 6.03. The van der Waals surface area contributed by atoms with Crippen LogP contribution in [0.15, 0.2) is 0 Å². The standard InChI is InChI=1S/C19H30N2O3/c22-18-15-3-4-16(18)11-17(10-15)19(23)21-5-1-2-14(13-21)12-20-6-8-24-9-7-20/h14-17H,1-13H2. The predicted octanol–water partition coefficient (Wildman–Crippen LogP) is 1.56. The smallest absolute Gasteiger partial charge is 0.225 e. The van der Waals surface area contributed by atoms with Crippen LogP contribution in [0.5, 0.6) is 0 Å². The van der Waals surface area contributed by atoms with Crippen LogP contribution in [0, 0.1) is 23.7 Å². The quantitative estimate of drug-likeness (QED) is 0.786. The van der Waals surface area contributed by atoms with Gasteiger partial charge in [-0.05, 0) is 44.4 Å². The Morgan fingerprint density at radius 1 is 1.04 bits per heavy atom. The van der Waals surface area contributed by atoms with Gasteiger partial charge in [-0.25, -0.2) is 0 Å². The molecule has 5 heteroatoms. The fourth-order valence-corrected chi connectivity index (χ4v) is 5.29. The van der Waals surface area contributed by atoms with Crippen molar-refractivity contribution in [3.63, 3.8) is 0 Å². The third-order valence-electron chi connectivity index (χ3n) is 6.61. The third kappa shape index (κ3) is 3.38. The zero-order chi connectivity index (χ0) is 16.5. The molecule has 0 aromatic rings. The van der Waals surface area contributed by atoms with Gasteiger partial charge in [0.05, 0.1) is 13.2 Å². The molecule has 2 aliphatic heterocycles. The zero-order valence-electron chi connectivity index (χ0n) is 14.6. The van der Waals surface area contributed by atoms with Gasteiger partial charge in [0.15, 0.2) is 0 Å². The van der Waals surface area contributed by atoms with E-state index < -0.39 is 0 Å². The first-order valence-corrected chi connectivity index (χ1v) is 9.83. The van der Waals surface area contributed by atoms with Crippen molar-refractivity contribution in [2.24, 2.45) is 23.7 Å². The minimum Gasteiger partial charge on any atom is -0.379 e. The Morgan fingerprint density at radius 2 is 1.75 bits per heavy atom. The van der Waals surface area contributed by atoms with Crippen LogP contribution in [-0.2, 0) is 14.3 Å². The highest BCUT2D eigenvalue weighted by atomic mass is 16.5. The lowest BCUT2D eigenvalue weighted by Gasteiger charge is -2.39. The molecule has 3 unspecified atom stereocenters. The first-order valence-electron chi connectivity index (χ1n) is 9.83. The number of amides is 1. The molecule has 4 rings (SSSR count). The predicted molar refractivity (Wildman–Crippen MR) is 90.5 cm³/mol. The zero-order valence-corrected chi connectivity index (χ0v) is 14.6. The molecule has 2 bridgehead atoms. The lowest BCUT2D eigenvalue weighted by molar-refractivity contribution is -0.141. The number of rotatable bonds is 3. The minimum atomic E-state index is 0.113. The van der Waals surface area contributed by atoms with Crippen molar-refractivity contribution in [2.45, 2.75) is 38.5 Å². The van der Waals surface area contributed by atoms with Crippen molar-refractivity contribution in [1.82, 2.24) is 9.80 Å². The maximum Gasteiger partial charge on any atom is 0.225 e. The molecule has 5 nitrogen and oxygen atoms in total. The van der Waals surface area contributed by atoms with E-state index in [1.807, 2.05) is 0 Å². The Bertz CT molecular complexity index is 473. The number of ketones is 1. The highest BCUT2D eigenvalue weighted by Gasteiger charge is 2.44. The molecule has 0 aromatic heterocycles. The fraction of sp³-hybridized carbons (Fsp3) is 0.895. The first-order chi connectivity index (χ1) is 11.7. The van der Waals surface area contributed by atoms with E-state index in [0.717, 1.165) is 78.0 Å². The maximum absolute atomic E-state index is 13.0. The van der Waals surface area contributed by atoms with Crippen LogP contribution in [0.3, 0.4) is 0 Å². The monoisotopic (exact) mass is 334 g/mol. The van der Waals surface area contributed by atoms with E-state index in [1.165, 1.54) is 6.42 Å². The van der Waals surface area contributed by atoms with Crippen molar-refractivity contribution in [2.75, 3.05) is 45.9 Å². The molecule has 2 heterocycles. The molecule has 2 saturated carbocycles. The highest BCUT2D eigenvalue weighted by molar-refractivity contribution is 5.89. The molecular weight excluding hydrogens is 304 g/mol. The van der Waals surface area contributed by atoms with Crippen LogP contribution in [0.1, 0.15) is 38.5 Å². The van der Waals surface area contributed by atoms with Crippen molar-refractivity contribution >= 4 is 11.7 Å². The summed E-state index contributed by atoms with van der Waals surface area (Å²) in [5.74, 6) is 1.87. The van der Waals surface area contributed by atoms with E-state index in [1.54, 1.807) is 0 Å². The Morgan fingerprint density at radius 3 is 2.46 bits per heavy atom. The van der Waals surface area contributed by atoms with Crippen LogP contribution in [-0.4, -0.2) is 67.4 Å². The van der Waals surface area contributed by atoms with Crippen LogP contribution < -0.4 is 0 Å². The van der Waals surface area contributed by atoms with Gasteiger partial charge in [-0.15, -0.1) is 0 Å². The van der Waals surface area contributed by atoms with E-state index in [9.17, 15) is 9.59 Å². The Labute approximate surface area is 144 Å². The number of hydrogen-bond acceptors (Lipinski definition) is 4. The third-order valence-corrected chi connectivity index (χ3v) is 6.61. The molecule has 2 aliphatic carbocycles. The van der Waals surface area contributed by atoms with Gasteiger partial charge < -0.3 is 9.64 Å². The topological polar surface area (TPSA) is 49.9 Å². The highest BCUT2D eigenvalue weighted by Crippen LogP contribution is 2.42. The van der Waals surface area contributed by atoms with E-state index >= 15 is 0 Å². The summed E-state index contributed by atoms with van der Waals surface area (Å²) in [5, 5.41) is 0. The Hall–Kier alpha value is -0.940. The summed E-state index contributed by atoms with van der Waals surface area (Å²) < 4.78 is 5.43. The second-order valence-electron chi connectivity index (χ2n) is 8.25. The van der Waals surface area contributed by atoms with Crippen molar-refractivity contribution in [3.05, 3.63) is 0 Å². The molecule has 4 aliphatic rings. The van der Waals surface area contributed by atoms with Crippen molar-refractivity contribution in [1.29, 1.82) is 0 Å². The fourth-order valence-electron chi connectivity index (χ4n) is 5.29. The molecule has 3 atom stereocenters. The lowest BCUT2D eigenvalue weighted by Crippen LogP contribution is -2.48. The number of hydrogen-bond donors (Lipinski definition) is 0. The first kappa shape index (κ1) is 16.5. The molecule has 1 amide bonds. The number of carbonyl (C=O) groups excluding carboxylic acids is 2. The summed E-state index contributed by atoms with van der Waals surface area (Å²) in [7, 11) is 0. The number of carbonyl (C=O) groups is 2. The summed E-state index contributed by atoms with van der Waals surface area (Å²) in [5.41, 5.74) is 0. The van der Waals surface area contributed by atoms with Crippen LogP contribution in [0.2, 0.25) is 0 Å². The average molecular weight is 334 g/mol. The summed E-state index contributed by atoms with van der Waals surface area (Å²) in [6.45, 7) is 6.66. The summed E-state index contributed by atoms with van der Waals surface area (Å²) in [6, 6.07) is 0. The number of nitrogens with zero attached hydrogens (tertiary/aromatic N) is 2. The minimum absolute atomic E-state index is 0.113. The molecule has 4 fully saturated rings. The average Bonchev–Trinajstić information content (AvgIpc) is 2.83. The van der Waals surface area contributed by atoms with Gasteiger partial charge in [-0.2, -0.15) is 0 Å². The van der Waals surface area contributed by atoms with Gasteiger partial charge in [0.2, 0.25) is 5.91 Å². The van der Waals surface area contributed by atoms with E-state index in [-0.39, 0.29) is 17.8 Å². The SMILES string of the molecule is O=C1C2CCC1CC(C(=O)N1CCCC(CN3CCOCC3)C1)C2. The molecule has 134 valence electrons. The largest absolute Gasteiger partial charge is 0.379 e. The molecule has 0 spiro atoms. The summed E-state index contributed by atoms with van der Waals surface area (Å²) >= 11 is 0. The van der Waals surface area contributed by atoms with Crippen molar-refractivity contribution < 1.29 is 14.3 Å². The van der Waals surface area contributed by atoms with Gasteiger partial charge in [0.1, 0.15) is 5.78 Å². The lowest BCUT2D eigenvalue weighted by atomic mass is 9.79. The van der Waals surface area contributed by atoms with Crippen LogP contribution in [0.4, 0.5) is 0 Å². The molecule has 24 heavy (non-hydrogen) atoms. The van der Waals surface area contributed by atoms with Gasteiger partial charge in [-0.1, -0.05) is 0 Å². The van der Waals surface area contributed by atoms with Gasteiger partial charge in [-0.3, -0.25) is 14.5 Å². The number of morpholine rings is 1. The van der Waals surface area contributed by atoms with Crippen molar-refractivity contribution in [3.8, 4) is 0 Å². The second-order valence-corrected chi connectivity index (χ2v) is 8.25. The Kier molecular flexibility index (Phi) is 4.90. The Balaban J connectivity index is 1.32. The van der Waals surface area contributed by atoms with Gasteiger partial charge in [0, 0.05) is 50.5 Å². The molecule has 0 radical (unpaired) electrons. The van der Waals surface area contributed by atoms with Gasteiger partial charge >= 0.3 is 0 Å². The van der Waals surface area contributed by atoms with E-state index in [4.69, 9.17) is 4.74 Å². The number of Topliss-reactive ketones (excluding diaryl/α,β-unsaturated/α-hetero) is 1. The molecule has 2 saturated heterocycles. The maximum atomic E-state index is 13.0. The summed E-state index contributed by atoms with van der Waals surface area (Å²) in [4.78, 5) is 29.7. The van der Waals surface area contributed by atoms with Gasteiger partial charge in [0.25, 0.3) is 0 Å². The molecule has 0 N–H and O–H groups in total. The molecular formula is C19H30N2O3. The number of likely N-dealkylation sites (tertiary alicyclic amines) is 1. The number of piperidine rings is 1. The number of ether oxygens (including phenoxy) is 1. The second kappa shape index (κ2) is 7.12. The van der Waals surface area contributed by atoms with E-state index in [0.29, 0.717) is 17.6 Å². The van der Waals surface area contributed by atoms with Crippen LogP contribution in [0.25, 0.3) is 0 Å². The number of fused-ring (bicyclic) bond motifs is 2.